The quantitative estimate of drug-likeness (QED) is 0.665. The summed E-state index contributed by atoms with van der Waals surface area (Å²) in [6, 6.07) is 19.3. The van der Waals surface area contributed by atoms with Gasteiger partial charge >= 0.3 is 5.97 Å². The molecule has 2 aromatic carbocycles. The van der Waals surface area contributed by atoms with Crippen molar-refractivity contribution in [1.82, 2.24) is 14.8 Å². The predicted molar refractivity (Wildman–Crippen MR) is 98.2 cm³/mol. The molecule has 1 aliphatic heterocycles. The highest BCUT2D eigenvalue weighted by Crippen LogP contribution is 2.40. The first kappa shape index (κ1) is 16.3. The minimum Gasteiger partial charge on any atom is -0.425 e. The molecular weight excluding hydrogens is 326 g/mol. The first-order valence-corrected chi connectivity index (χ1v) is 8.50. The van der Waals surface area contributed by atoms with Gasteiger partial charge in [-0.3, -0.25) is 0 Å². The SMILES string of the molecule is CC1=C(C)c2nc(C)nn2C(c2ccccc2)(c2ccccc2)OC1=O. The maximum absolute atomic E-state index is 12.9. The van der Waals surface area contributed by atoms with Crippen molar-refractivity contribution in [1.29, 1.82) is 0 Å². The van der Waals surface area contributed by atoms with E-state index < -0.39 is 5.72 Å². The highest BCUT2D eigenvalue weighted by molar-refractivity contribution is 5.97. The lowest BCUT2D eigenvalue weighted by Gasteiger charge is -2.34. The first-order valence-electron chi connectivity index (χ1n) is 8.50. The standard InChI is InChI=1S/C21H19N3O2/c1-14-15(2)20(25)26-21(17-10-6-4-7-11-17,18-12-8-5-9-13-18)24-19(14)22-16(3)23-24/h4-13H,1-3H3. The number of hydrogen-bond acceptors (Lipinski definition) is 4. The zero-order chi connectivity index (χ0) is 18.3. The second kappa shape index (κ2) is 5.95. The van der Waals surface area contributed by atoms with Crippen molar-refractivity contribution in [3.05, 3.63) is 89.0 Å². The molecule has 0 saturated heterocycles. The number of benzene rings is 2. The fraction of sp³-hybridized carbons (Fsp3) is 0.190. The highest BCUT2D eigenvalue weighted by atomic mass is 16.6. The minimum atomic E-state index is -1.21. The second-order valence-electron chi connectivity index (χ2n) is 6.41. The number of carbonyl (C=O) groups excluding carboxylic acids is 1. The summed E-state index contributed by atoms with van der Waals surface area (Å²) < 4.78 is 7.89. The number of carbonyl (C=O) groups is 1. The van der Waals surface area contributed by atoms with E-state index >= 15 is 0 Å². The van der Waals surface area contributed by atoms with Crippen LogP contribution >= 0.6 is 0 Å². The molecule has 0 saturated carbocycles. The van der Waals surface area contributed by atoms with E-state index in [9.17, 15) is 4.79 Å². The van der Waals surface area contributed by atoms with Crippen molar-refractivity contribution in [3.8, 4) is 0 Å². The fourth-order valence-electron chi connectivity index (χ4n) is 3.31. The van der Waals surface area contributed by atoms with Crippen LogP contribution in [-0.2, 0) is 15.3 Å². The molecule has 0 unspecified atom stereocenters. The minimum absolute atomic E-state index is 0.375. The Balaban J connectivity index is 2.13. The molecule has 5 heteroatoms. The van der Waals surface area contributed by atoms with Crippen LogP contribution in [0.25, 0.3) is 5.57 Å². The van der Waals surface area contributed by atoms with Crippen LogP contribution < -0.4 is 0 Å². The van der Waals surface area contributed by atoms with Gasteiger partial charge in [0.05, 0.1) is 0 Å². The Morgan fingerprint density at radius 2 is 1.38 bits per heavy atom. The van der Waals surface area contributed by atoms with E-state index in [0.29, 0.717) is 17.2 Å². The largest absolute Gasteiger partial charge is 0.425 e. The third kappa shape index (κ3) is 2.28. The molecule has 0 N–H and O–H groups in total. The molecule has 3 aromatic rings. The molecule has 0 radical (unpaired) electrons. The zero-order valence-electron chi connectivity index (χ0n) is 14.9. The number of rotatable bonds is 2. The van der Waals surface area contributed by atoms with Gasteiger partial charge < -0.3 is 4.74 Å². The normalized spacial score (nSPS) is 16.0. The van der Waals surface area contributed by atoms with Gasteiger partial charge in [0.1, 0.15) is 5.82 Å². The van der Waals surface area contributed by atoms with E-state index in [2.05, 4.69) is 10.1 Å². The molecule has 4 rings (SSSR count). The van der Waals surface area contributed by atoms with Gasteiger partial charge in [0.2, 0.25) is 0 Å². The average Bonchev–Trinajstić information content (AvgIpc) is 3.05. The molecule has 0 atom stereocenters. The van der Waals surface area contributed by atoms with Gasteiger partial charge in [-0.25, -0.2) is 9.78 Å². The van der Waals surface area contributed by atoms with Crippen molar-refractivity contribution in [2.45, 2.75) is 26.5 Å². The Hall–Kier alpha value is -3.21. The first-order chi connectivity index (χ1) is 12.5. The fourth-order valence-corrected chi connectivity index (χ4v) is 3.31. The van der Waals surface area contributed by atoms with E-state index in [0.717, 1.165) is 16.7 Å². The van der Waals surface area contributed by atoms with E-state index in [1.165, 1.54) is 0 Å². The zero-order valence-corrected chi connectivity index (χ0v) is 14.9. The lowest BCUT2D eigenvalue weighted by Crippen LogP contribution is -2.42. The maximum Gasteiger partial charge on any atom is 0.336 e. The predicted octanol–water partition coefficient (Wildman–Crippen LogP) is 3.69. The number of esters is 1. The number of ether oxygens (including phenoxy) is 1. The average molecular weight is 345 g/mol. The van der Waals surface area contributed by atoms with E-state index in [1.807, 2.05) is 74.5 Å². The summed E-state index contributed by atoms with van der Waals surface area (Å²) in [6.45, 7) is 5.48. The number of aryl methyl sites for hydroxylation is 1. The van der Waals surface area contributed by atoms with Crippen LogP contribution in [0.2, 0.25) is 0 Å². The van der Waals surface area contributed by atoms with Gasteiger partial charge in [0.15, 0.2) is 5.82 Å². The molecular formula is C21H19N3O2. The van der Waals surface area contributed by atoms with Gasteiger partial charge in [0.25, 0.3) is 5.72 Å². The molecule has 0 fully saturated rings. The Morgan fingerprint density at radius 3 is 1.92 bits per heavy atom. The Kier molecular flexibility index (Phi) is 3.72. The van der Waals surface area contributed by atoms with Gasteiger partial charge in [-0.15, -0.1) is 0 Å². The summed E-state index contributed by atoms with van der Waals surface area (Å²) in [5.41, 5.74) is 1.72. The summed E-state index contributed by atoms with van der Waals surface area (Å²) in [7, 11) is 0. The number of nitrogens with zero attached hydrogens (tertiary/aromatic N) is 3. The number of aromatic nitrogens is 3. The van der Waals surface area contributed by atoms with Crippen LogP contribution in [-0.4, -0.2) is 20.7 Å². The topological polar surface area (TPSA) is 57.0 Å². The molecule has 130 valence electrons. The Morgan fingerprint density at radius 1 is 0.846 bits per heavy atom. The smallest absolute Gasteiger partial charge is 0.336 e. The van der Waals surface area contributed by atoms with Crippen molar-refractivity contribution in [2.24, 2.45) is 0 Å². The maximum atomic E-state index is 12.9. The van der Waals surface area contributed by atoms with Crippen molar-refractivity contribution < 1.29 is 9.53 Å². The van der Waals surface area contributed by atoms with Crippen LogP contribution in [0.5, 0.6) is 0 Å². The van der Waals surface area contributed by atoms with E-state index in [-0.39, 0.29) is 5.97 Å². The molecule has 5 nitrogen and oxygen atoms in total. The monoisotopic (exact) mass is 345 g/mol. The molecule has 0 aliphatic carbocycles. The summed E-state index contributed by atoms with van der Waals surface area (Å²) in [4.78, 5) is 17.5. The molecule has 0 amide bonds. The summed E-state index contributed by atoms with van der Waals surface area (Å²) >= 11 is 0. The summed E-state index contributed by atoms with van der Waals surface area (Å²) in [6.07, 6.45) is 0. The molecule has 0 bridgehead atoms. The number of hydrogen-bond donors (Lipinski definition) is 0. The second-order valence-corrected chi connectivity index (χ2v) is 6.41. The van der Waals surface area contributed by atoms with Crippen LogP contribution in [0.15, 0.2) is 66.2 Å². The summed E-state index contributed by atoms with van der Waals surface area (Å²) in [5, 5.41) is 4.63. The Bertz CT molecular complexity index is 965. The van der Waals surface area contributed by atoms with Crippen LogP contribution in [0.3, 0.4) is 0 Å². The molecule has 26 heavy (non-hydrogen) atoms. The van der Waals surface area contributed by atoms with Gasteiger partial charge in [0, 0.05) is 22.3 Å². The van der Waals surface area contributed by atoms with Gasteiger partial charge in [-0.2, -0.15) is 9.78 Å². The summed E-state index contributed by atoms with van der Waals surface area (Å²) in [5.74, 6) is 0.889. The molecule has 2 heterocycles. The lowest BCUT2D eigenvalue weighted by atomic mass is 9.94. The lowest BCUT2D eigenvalue weighted by molar-refractivity contribution is -0.155. The third-order valence-electron chi connectivity index (χ3n) is 4.79. The number of cyclic esters (lactones) is 1. The third-order valence-corrected chi connectivity index (χ3v) is 4.79. The highest BCUT2D eigenvalue weighted by Gasteiger charge is 2.46. The van der Waals surface area contributed by atoms with Crippen molar-refractivity contribution in [2.75, 3.05) is 0 Å². The van der Waals surface area contributed by atoms with Crippen LogP contribution in [0.4, 0.5) is 0 Å². The molecule has 1 aliphatic rings. The Labute approximate surface area is 152 Å². The molecule has 1 aromatic heterocycles. The van der Waals surface area contributed by atoms with Crippen molar-refractivity contribution in [3.63, 3.8) is 0 Å². The number of fused-ring (bicyclic) bond motifs is 1. The van der Waals surface area contributed by atoms with E-state index in [4.69, 9.17) is 4.74 Å². The number of allylic oxidation sites excluding steroid dienone is 1. The van der Waals surface area contributed by atoms with Crippen molar-refractivity contribution >= 4 is 11.5 Å². The van der Waals surface area contributed by atoms with Gasteiger partial charge in [-0.05, 0) is 20.8 Å². The van der Waals surface area contributed by atoms with Crippen LogP contribution in [0, 0.1) is 6.92 Å². The molecule has 0 spiro atoms. The van der Waals surface area contributed by atoms with Crippen LogP contribution in [0.1, 0.15) is 36.6 Å². The van der Waals surface area contributed by atoms with E-state index in [1.54, 1.807) is 11.6 Å². The van der Waals surface area contributed by atoms with Gasteiger partial charge in [-0.1, -0.05) is 60.7 Å².